The predicted molar refractivity (Wildman–Crippen MR) is 86.2 cm³/mol. The average Bonchev–Trinajstić information content (AvgIpc) is 2.99. The van der Waals surface area contributed by atoms with Crippen LogP contribution in [0.1, 0.15) is 44.0 Å². The topological polar surface area (TPSA) is 73.0 Å². The second kappa shape index (κ2) is 8.79. The Kier molecular flexibility index (Phi) is 6.42. The summed E-state index contributed by atoms with van der Waals surface area (Å²) in [6, 6.07) is 9.50. The fourth-order valence-corrected chi connectivity index (χ4v) is 2.31. The molecule has 0 aliphatic rings. The van der Waals surface area contributed by atoms with Crippen LogP contribution in [0.3, 0.4) is 0 Å². The number of nitriles is 1. The van der Waals surface area contributed by atoms with Crippen molar-refractivity contribution in [1.29, 1.82) is 5.26 Å². The number of methoxy groups -OCH3 is 1. The molecule has 122 valence electrons. The molecular formula is C17H22N4O2. The standard InChI is InChI=1S/C17H22N4O2/c1-3-4-5-8-11-21-15(14(12-18)19-20-21)13-23-17-10-7-6-9-16(17)22-2/h6-7,9-10H,3-5,8,11,13H2,1-2H3. The molecule has 0 unspecified atom stereocenters. The molecule has 0 radical (unpaired) electrons. The molecule has 1 aromatic heterocycles. The zero-order chi connectivity index (χ0) is 16.5. The molecule has 0 saturated carbocycles. The zero-order valence-corrected chi connectivity index (χ0v) is 13.7. The summed E-state index contributed by atoms with van der Waals surface area (Å²) in [5.41, 5.74) is 1.02. The Morgan fingerprint density at radius 2 is 1.96 bits per heavy atom. The minimum Gasteiger partial charge on any atom is -0.493 e. The van der Waals surface area contributed by atoms with E-state index in [1.54, 1.807) is 11.8 Å². The number of rotatable bonds is 9. The second-order valence-electron chi connectivity index (χ2n) is 5.22. The van der Waals surface area contributed by atoms with E-state index in [1.807, 2.05) is 24.3 Å². The maximum Gasteiger partial charge on any atom is 0.189 e. The Morgan fingerprint density at radius 1 is 1.17 bits per heavy atom. The van der Waals surface area contributed by atoms with Crippen LogP contribution in [0, 0.1) is 11.3 Å². The molecule has 0 saturated heterocycles. The average molecular weight is 314 g/mol. The molecule has 6 heteroatoms. The Labute approximate surface area is 136 Å². The van der Waals surface area contributed by atoms with Crippen molar-refractivity contribution >= 4 is 0 Å². The molecule has 0 amide bonds. The number of hydrogen-bond acceptors (Lipinski definition) is 5. The van der Waals surface area contributed by atoms with Crippen LogP contribution < -0.4 is 9.47 Å². The predicted octanol–water partition coefficient (Wildman–Crippen LogP) is 3.32. The molecule has 23 heavy (non-hydrogen) atoms. The maximum absolute atomic E-state index is 9.19. The molecule has 6 nitrogen and oxygen atoms in total. The monoisotopic (exact) mass is 314 g/mol. The minimum absolute atomic E-state index is 0.240. The fraction of sp³-hybridized carbons (Fsp3) is 0.471. The van der Waals surface area contributed by atoms with Crippen molar-refractivity contribution in [2.45, 2.75) is 45.8 Å². The van der Waals surface area contributed by atoms with Crippen molar-refractivity contribution in [3.8, 4) is 17.6 Å². The summed E-state index contributed by atoms with van der Waals surface area (Å²) >= 11 is 0. The molecule has 0 aliphatic carbocycles. The van der Waals surface area contributed by atoms with Crippen molar-refractivity contribution in [3.63, 3.8) is 0 Å². The van der Waals surface area contributed by atoms with Gasteiger partial charge >= 0.3 is 0 Å². The van der Waals surface area contributed by atoms with E-state index in [4.69, 9.17) is 9.47 Å². The number of hydrogen-bond donors (Lipinski definition) is 0. The molecule has 2 aromatic rings. The number of aryl methyl sites for hydroxylation is 1. The highest BCUT2D eigenvalue weighted by molar-refractivity contribution is 5.39. The first-order valence-corrected chi connectivity index (χ1v) is 7.88. The van der Waals surface area contributed by atoms with Gasteiger partial charge in [0.2, 0.25) is 0 Å². The van der Waals surface area contributed by atoms with Crippen LogP contribution in [0.5, 0.6) is 11.5 Å². The van der Waals surface area contributed by atoms with E-state index in [0.717, 1.165) is 19.4 Å². The number of benzene rings is 1. The Morgan fingerprint density at radius 3 is 2.65 bits per heavy atom. The van der Waals surface area contributed by atoms with Crippen molar-refractivity contribution in [1.82, 2.24) is 15.0 Å². The summed E-state index contributed by atoms with van der Waals surface area (Å²) in [5, 5.41) is 17.2. The van der Waals surface area contributed by atoms with Gasteiger partial charge in [0.15, 0.2) is 17.2 Å². The molecule has 0 spiro atoms. The van der Waals surface area contributed by atoms with E-state index in [0.29, 0.717) is 22.9 Å². The van der Waals surface area contributed by atoms with Gasteiger partial charge in [-0.25, -0.2) is 4.68 Å². The van der Waals surface area contributed by atoms with Crippen molar-refractivity contribution in [3.05, 3.63) is 35.7 Å². The van der Waals surface area contributed by atoms with E-state index in [1.165, 1.54) is 12.8 Å². The highest BCUT2D eigenvalue weighted by Gasteiger charge is 2.14. The molecule has 1 heterocycles. The highest BCUT2D eigenvalue weighted by Crippen LogP contribution is 2.26. The first-order chi connectivity index (χ1) is 11.3. The van der Waals surface area contributed by atoms with Crippen LogP contribution in [0.25, 0.3) is 0 Å². The lowest BCUT2D eigenvalue weighted by atomic mass is 10.2. The van der Waals surface area contributed by atoms with E-state index in [9.17, 15) is 5.26 Å². The van der Waals surface area contributed by atoms with E-state index < -0.39 is 0 Å². The first-order valence-electron chi connectivity index (χ1n) is 7.88. The lowest BCUT2D eigenvalue weighted by Gasteiger charge is -2.11. The number of ether oxygens (including phenoxy) is 2. The van der Waals surface area contributed by atoms with Crippen molar-refractivity contribution in [2.24, 2.45) is 0 Å². The van der Waals surface area contributed by atoms with Gasteiger partial charge < -0.3 is 9.47 Å². The van der Waals surface area contributed by atoms with Gasteiger partial charge in [0.05, 0.1) is 7.11 Å². The Hall–Kier alpha value is -2.55. The molecule has 0 aliphatic heterocycles. The molecule has 1 aromatic carbocycles. The summed E-state index contributed by atoms with van der Waals surface area (Å²) in [7, 11) is 1.60. The van der Waals surface area contributed by atoms with E-state index >= 15 is 0 Å². The van der Waals surface area contributed by atoms with Gasteiger partial charge in [-0.1, -0.05) is 43.5 Å². The van der Waals surface area contributed by atoms with Crippen LogP contribution in [0.2, 0.25) is 0 Å². The second-order valence-corrected chi connectivity index (χ2v) is 5.22. The largest absolute Gasteiger partial charge is 0.493 e. The highest BCUT2D eigenvalue weighted by atomic mass is 16.5. The number of unbranched alkanes of at least 4 members (excludes halogenated alkanes) is 3. The number of para-hydroxylation sites is 2. The number of aromatic nitrogens is 3. The fourth-order valence-electron chi connectivity index (χ4n) is 2.31. The van der Waals surface area contributed by atoms with Gasteiger partial charge in [-0.15, -0.1) is 5.10 Å². The molecule has 0 N–H and O–H groups in total. The third-order valence-electron chi connectivity index (χ3n) is 3.60. The number of nitrogens with zero attached hydrogens (tertiary/aromatic N) is 4. The van der Waals surface area contributed by atoms with Crippen molar-refractivity contribution in [2.75, 3.05) is 7.11 Å². The quantitative estimate of drug-likeness (QED) is 0.664. The van der Waals surface area contributed by atoms with Crippen LogP contribution in [-0.2, 0) is 13.2 Å². The zero-order valence-electron chi connectivity index (χ0n) is 13.7. The lowest BCUT2D eigenvalue weighted by molar-refractivity contribution is 0.272. The van der Waals surface area contributed by atoms with Crippen molar-refractivity contribution < 1.29 is 9.47 Å². The molecule has 0 fully saturated rings. The summed E-state index contributed by atoms with van der Waals surface area (Å²) in [6.07, 6.45) is 4.55. The first kappa shape index (κ1) is 16.8. The van der Waals surface area contributed by atoms with Crippen LogP contribution >= 0.6 is 0 Å². The summed E-state index contributed by atoms with van der Waals surface area (Å²) in [6.45, 7) is 3.17. The SMILES string of the molecule is CCCCCCn1nnc(C#N)c1COc1ccccc1OC. The van der Waals surface area contributed by atoms with E-state index in [2.05, 4.69) is 23.3 Å². The maximum atomic E-state index is 9.19. The molecule has 0 atom stereocenters. The minimum atomic E-state index is 0.240. The summed E-state index contributed by atoms with van der Waals surface area (Å²) in [4.78, 5) is 0. The van der Waals surface area contributed by atoms with Gasteiger partial charge in [0, 0.05) is 6.54 Å². The van der Waals surface area contributed by atoms with Gasteiger partial charge in [-0.3, -0.25) is 0 Å². The third kappa shape index (κ3) is 4.46. The third-order valence-corrected chi connectivity index (χ3v) is 3.60. The van der Waals surface area contributed by atoms with Gasteiger partial charge in [0.25, 0.3) is 0 Å². The van der Waals surface area contributed by atoms with Gasteiger partial charge in [0.1, 0.15) is 18.4 Å². The van der Waals surface area contributed by atoms with Crippen LogP contribution in [-0.4, -0.2) is 22.1 Å². The molecule has 2 rings (SSSR count). The summed E-state index contributed by atoms with van der Waals surface area (Å²) < 4.78 is 12.8. The molecule has 0 bridgehead atoms. The van der Waals surface area contributed by atoms with Crippen LogP contribution in [0.15, 0.2) is 24.3 Å². The normalized spacial score (nSPS) is 10.3. The molecular weight excluding hydrogens is 292 g/mol. The lowest BCUT2D eigenvalue weighted by Crippen LogP contribution is -2.09. The summed E-state index contributed by atoms with van der Waals surface area (Å²) in [5.74, 6) is 1.30. The van der Waals surface area contributed by atoms with Gasteiger partial charge in [-0.05, 0) is 18.6 Å². The van der Waals surface area contributed by atoms with E-state index in [-0.39, 0.29) is 6.61 Å². The Balaban J connectivity index is 2.06. The van der Waals surface area contributed by atoms with Crippen LogP contribution in [0.4, 0.5) is 0 Å². The Bertz CT molecular complexity index is 661. The van der Waals surface area contributed by atoms with Gasteiger partial charge in [-0.2, -0.15) is 5.26 Å². The smallest absolute Gasteiger partial charge is 0.189 e.